The fourth-order valence-electron chi connectivity index (χ4n) is 2.81. The molecule has 1 aliphatic heterocycles. The van der Waals surface area contributed by atoms with Crippen LogP contribution in [0.2, 0.25) is 0 Å². The van der Waals surface area contributed by atoms with Crippen molar-refractivity contribution in [3.8, 4) is 5.75 Å². The summed E-state index contributed by atoms with van der Waals surface area (Å²) >= 11 is 0. The molecule has 1 heterocycles. The van der Waals surface area contributed by atoms with Crippen LogP contribution in [0.15, 0.2) is 23.1 Å². The topological polar surface area (TPSA) is 87.7 Å². The zero-order valence-corrected chi connectivity index (χ0v) is 16.0. The number of ether oxygens (including phenoxy) is 1. The summed E-state index contributed by atoms with van der Waals surface area (Å²) in [5, 5.41) is 3.23. The summed E-state index contributed by atoms with van der Waals surface area (Å²) in [5.41, 5.74) is 0.362. The third kappa shape index (κ3) is 4.44. The van der Waals surface area contributed by atoms with Gasteiger partial charge in [-0.1, -0.05) is 0 Å². The number of nitrogens with zero attached hydrogens (tertiary/aromatic N) is 1. The van der Waals surface area contributed by atoms with Gasteiger partial charge in [0.05, 0.1) is 7.11 Å². The van der Waals surface area contributed by atoms with Gasteiger partial charge in [0.2, 0.25) is 10.0 Å². The molecule has 1 amide bonds. The Balaban J connectivity index is 0.00000225. The molecule has 140 valence electrons. The number of halogens is 1. The standard InChI is InChI=1S/C16H23N3O4S.ClH/c1-11-10-17-7-8-19(11)16(20)12-3-6-14(23-2)15(9-12)24(21,22)18-13-4-5-13;/h3,6,9,11,13,17-18H,4-5,7-8,10H2,1-2H3;1H/t11-;/m1./s1. The number of methoxy groups -OCH3 is 1. The largest absolute Gasteiger partial charge is 0.495 e. The summed E-state index contributed by atoms with van der Waals surface area (Å²) in [5.74, 6) is 0.0857. The summed E-state index contributed by atoms with van der Waals surface area (Å²) in [7, 11) is -2.28. The van der Waals surface area contributed by atoms with E-state index in [9.17, 15) is 13.2 Å². The number of hydrogen-bond donors (Lipinski definition) is 2. The predicted molar refractivity (Wildman–Crippen MR) is 97.0 cm³/mol. The van der Waals surface area contributed by atoms with E-state index in [1.807, 2.05) is 6.92 Å². The molecule has 0 spiro atoms. The van der Waals surface area contributed by atoms with Crippen molar-refractivity contribution in [2.24, 2.45) is 0 Å². The highest BCUT2D eigenvalue weighted by Crippen LogP contribution is 2.29. The van der Waals surface area contributed by atoms with Gasteiger partial charge in [-0.15, -0.1) is 12.4 Å². The molecule has 0 bridgehead atoms. The monoisotopic (exact) mass is 389 g/mol. The number of amides is 1. The maximum absolute atomic E-state index is 12.8. The van der Waals surface area contributed by atoms with Gasteiger partial charge >= 0.3 is 0 Å². The molecule has 0 unspecified atom stereocenters. The van der Waals surface area contributed by atoms with Crippen LogP contribution in [0.25, 0.3) is 0 Å². The molecule has 1 aromatic rings. The molecule has 2 aliphatic rings. The number of sulfonamides is 1. The molecule has 1 saturated carbocycles. The summed E-state index contributed by atoms with van der Waals surface area (Å²) < 4.78 is 32.9. The van der Waals surface area contributed by atoms with Crippen LogP contribution in [-0.4, -0.2) is 58.1 Å². The minimum absolute atomic E-state index is 0. The van der Waals surface area contributed by atoms with Gasteiger partial charge in [0.15, 0.2) is 0 Å². The molecule has 1 aromatic carbocycles. The molecule has 2 N–H and O–H groups in total. The van der Waals surface area contributed by atoms with Gasteiger partial charge in [0.1, 0.15) is 10.6 Å². The lowest BCUT2D eigenvalue weighted by atomic mass is 10.1. The number of rotatable bonds is 5. The molecular formula is C16H24ClN3O4S. The van der Waals surface area contributed by atoms with Crippen molar-refractivity contribution in [3.05, 3.63) is 23.8 Å². The van der Waals surface area contributed by atoms with Gasteiger partial charge < -0.3 is 15.0 Å². The van der Waals surface area contributed by atoms with Crippen molar-refractivity contribution >= 4 is 28.3 Å². The normalized spacial score (nSPS) is 20.7. The minimum Gasteiger partial charge on any atom is -0.495 e. The molecule has 25 heavy (non-hydrogen) atoms. The van der Waals surface area contributed by atoms with Gasteiger partial charge in [0.25, 0.3) is 5.91 Å². The summed E-state index contributed by atoms with van der Waals surface area (Å²) in [6.07, 6.45) is 1.69. The second kappa shape index (κ2) is 7.90. The lowest BCUT2D eigenvalue weighted by Crippen LogP contribution is -2.52. The van der Waals surface area contributed by atoms with Gasteiger partial charge in [-0.3, -0.25) is 4.79 Å². The third-order valence-corrected chi connectivity index (χ3v) is 5.90. The summed E-state index contributed by atoms with van der Waals surface area (Å²) in [6.45, 7) is 4.05. The maximum Gasteiger partial charge on any atom is 0.254 e. The van der Waals surface area contributed by atoms with E-state index in [4.69, 9.17) is 4.74 Å². The molecule has 9 heteroatoms. The Kier molecular flexibility index (Phi) is 6.31. The number of benzene rings is 1. The van der Waals surface area contributed by atoms with Crippen LogP contribution >= 0.6 is 12.4 Å². The second-order valence-electron chi connectivity index (χ2n) is 6.31. The molecule has 1 saturated heterocycles. The maximum atomic E-state index is 12.8. The van der Waals surface area contributed by atoms with Crippen LogP contribution in [0.4, 0.5) is 0 Å². The van der Waals surface area contributed by atoms with E-state index in [1.54, 1.807) is 17.0 Å². The number of hydrogen-bond acceptors (Lipinski definition) is 5. The molecule has 0 aromatic heterocycles. The zero-order chi connectivity index (χ0) is 17.3. The van der Waals surface area contributed by atoms with Crippen LogP contribution in [0.1, 0.15) is 30.1 Å². The van der Waals surface area contributed by atoms with E-state index in [-0.39, 0.29) is 41.0 Å². The SMILES string of the molecule is COc1ccc(C(=O)N2CCNC[C@H]2C)cc1S(=O)(=O)NC1CC1.Cl. The van der Waals surface area contributed by atoms with E-state index < -0.39 is 10.0 Å². The Hall–Kier alpha value is -1.35. The Morgan fingerprint density at radius 3 is 2.68 bits per heavy atom. The van der Waals surface area contributed by atoms with Gasteiger partial charge in [0, 0.05) is 37.3 Å². The summed E-state index contributed by atoms with van der Waals surface area (Å²) in [4.78, 5) is 14.6. The lowest BCUT2D eigenvalue weighted by Gasteiger charge is -2.34. The second-order valence-corrected chi connectivity index (χ2v) is 8.00. The fourth-order valence-corrected chi connectivity index (χ4v) is 4.31. The average molecular weight is 390 g/mol. The van der Waals surface area contributed by atoms with Crippen LogP contribution in [0.3, 0.4) is 0 Å². The van der Waals surface area contributed by atoms with Crippen LogP contribution in [-0.2, 0) is 10.0 Å². The smallest absolute Gasteiger partial charge is 0.254 e. The fraction of sp³-hybridized carbons (Fsp3) is 0.562. The van der Waals surface area contributed by atoms with E-state index in [1.165, 1.54) is 13.2 Å². The Morgan fingerprint density at radius 2 is 2.08 bits per heavy atom. The van der Waals surface area contributed by atoms with Gasteiger partial charge in [-0.2, -0.15) is 0 Å². The molecule has 3 rings (SSSR count). The zero-order valence-electron chi connectivity index (χ0n) is 14.3. The van der Waals surface area contributed by atoms with Crippen molar-refractivity contribution in [2.75, 3.05) is 26.7 Å². The molecule has 1 atom stereocenters. The molecular weight excluding hydrogens is 366 g/mol. The van der Waals surface area contributed by atoms with Gasteiger partial charge in [-0.05, 0) is 38.0 Å². The van der Waals surface area contributed by atoms with E-state index in [0.717, 1.165) is 25.9 Å². The number of piperazine rings is 1. The van der Waals surface area contributed by atoms with Crippen molar-refractivity contribution < 1.29 is 17.9 Å². The van der Waals surface area contributed by atoms with E-state index >= 15 is 0 Å². The van der Waals surface area contributed by atoms with Crippen LogP contribution in [0, 0.1) is 0 Å². The van der Waals surface area contributed by atoms with Crippen LogP contribution in [0.5, 0.6) is 5.75 Å². The highest BCUT2D eigenvalue weighted by atomic mass is 35.5. The predicted octanol–water partition coefficient (Wildman–Crippen LogP) is 0.992. The van der Waals surface area contributed by atoms with E-state index in [0.29, 0.717) is 12.1 Å². The molecule has 0 radical (unpaired) electrons. The first kappa shape index (κ1) is 20.0. The minimum atomic E-state index is -3.70. The quantitative estimate of drug-likeness (QED) is 0.784. The average Bonchev–Trinajstić information content (AvgIpc) is 3.37. The molecule has 7 nitrogen and oxygen atoms in total. The first-order valence-electron chi connectivity index (χ1n) is 8.14. The highest BCUT2D eigenvalue weighted by Gasteiger charge is 2.31. The number of carbonyl (C=O) groups is 1. The Morgan fingerprint density at radius 1 is 1.36 bits per heavy atom. The lowest BCUT2D eigenvalue weighted by molar-refractivity contribution is 0.0655. The first-order chi connectivity index (χ1) is 11.4. The van der Waals surface area contributed by atoms with Crippen molar-refractivity contribution in [1.29, 1.82) is 0 Å². The Labute approximate surface area is 154 Å². The molecule has 2 fully saturated rings. The Bertz CT molecular complexity index is 737. The van der Waals surface area contributed by atoms with Gasteiger partial charge in [-0.25, -0.2) is 13.1 Å². The van der Waals surface area contributed by atoms with Crippen LogP contribution < -0.4 is 14.8 Å². The van der Waals surface area contributed by atoms with E-state index in [2.05, 4.69) is 10.0 Å². The number of nitrogens with one attached hydrogen (secondary N) is 2. The number of carbonyl (C=O) groups excluding carboxylic acids is 1. The third-order valence-electron chi connectivity index (χ3n) is 4.36. The summed E-state index contributed by atoms with van der Waals surface area (Å²) in [6, 6.07) is 4.64. The highest BCUT2D eigenvalue weighted by molar-refractivity contribution is 7.89. The van der Waals surface area contributed by atoms with Crippen molar-refractivity contribution in [1.82, 2.24) is 14.9 Å². The van der Waals surface area contributed by atoms with Crippen molar-refractivity contribution in [3.63, 3.8) is 0 Å². The first-order valence-corrected chi connectivity index (χ1v) is 9.63. The van der Waals surface area contributed by atoms with Crippen molar-refractivity contribution in [2.45, 2.75) is 36.7 Å². The molecule has 1 aliphatic carbocycles.